The fraction of sp³-hybridized carbons (Fsp3) is 0.875. The van der Waals surface area contributed by atoms with Crippen molar-refractivity contribution >= 4 is 37.2 Å². The molecular formula is C48H100N4O8S2. The van der Waals surface area contributed by atoms with Gasteiger partial charge in [-0.05, 0) is 87.7 Å². The maximum atomic E-state index is 9.65. The van der Waals surface area contributed by atoms with E-state index in [1.807, 2.05) is 0 Å². The number of nitrogens with zero attached hydrogens (tertiary/aromatic N) is 2. The van der Waals surface area contributed by atoms with Crippen molar-refractivity contribution in [1.82, 2.24) is 0 Å². The number of hydroxylamine groups is 8. The van der Waals surface area contributed by atoms with Crippen molar-refractivity contribution in [3.8, 4) is 0 Å². The standard InChI is InChI=1S/2C21H44NO2.2C3H7NO2S/c2*1-3-5-6-7-8-9-10-11-12-13-14-15-16-17-18-19-20-21-22(23,24)4-2;2*4-2(1-7)3(5)6/h2*11-12,23-24H,3-10,13-21H2,1-2H3;2*2,7H,1,4H2,(H,5,6)/q2*+1;;/p-2/b2*12-11-;;. The second kappa shape index (κ2) is 52.4. The molecule has 0 aromatic rings. The van der Waals surface area contributed by atoms with Crippen LogP contribution in [-0.4, -0.2) is 92.2 Å². The van der Waals surface area contributed by atoms with Crippen LogP contribution in [0.2, 0.25) is 0 Å². The summed E-state index contributed by atoms with van der Waals surface area (Å²) in [6, 6.07) is -1.85. The number of aliphatic carboxylic acids is 2. The van der Waals surface area contributed by atoms with Crippen molar-refractivity contribution in [3.63, 3.8) is 0 Å². The average molecular weight is 925 g/mol. The summed E-state index contributed by atoms with van der Waals surface area (Å²) in [6.07, 6.45) is 48.1. The van der Waals surface area contributed by atoms with Gasteiger partial charge in [-0.15, -0.1) is 0 Å². The lowest BCUT2D eigenvalue weighted by atomic mass is 10.1. The molecule has 0 spiro atoms. The van der Waals surface area contributed by atoms with E-state index >= 15 is 0 Å². The van der Waals surface area contributed by atoms with Gasteiger partial charge < -0.3 is 31.3 Å². The predicted molar refractivity (Wildman–Crippen MR) is 260 cm³/mol. The van der Waals surface area contributed by atoms with E-state index in [1.54, 1.807) is 13.8 Å². The Bertz CT molecular complexity index is 917. The number of carboxylic acid groups (broad SMARTS) is 2. The number of carboxylic acids is 2. The Labute approximate surface area is 391 Å². The lowest BCUT2D eigenvalue weighted by Gasteiger charge is -2.18. The van der Waals surface area contributed by atoms with Crippen molar-refractivity contribution < 1.29 is 50.3 Å². The van der Waals surface area contributed by atoms with E-state index in [9.17, 15) is 40.6 Å². The summed E-state index contributed by atoms with van der Waals surface area (Å²) in [5, 5.41) is 57.0. The number of carbonyl (C=O) groups is 2. The first kappa shape index (κ1) is 67.4. The zero-order valence-corrected chi connectivity index (χ0v) is 42.1. The molecule has 0 heterocycles. The molecule has 2 unspecified atom stereocenters. The molecule has 0 aliphatic heterocycles. The molecule has 0 rings (SSSR count). The molecule has 0 amide bonds. The zero-order valence-electron chi connectivity index (χ0n) is 40.3. The highest BCUT2D eigenvalue weighted by Crippen LogP contribution is 2.13. The molecule has 12 nitrogen and oxygen atoms in total. The Hall–Kier alpha value is -1.20. The topological polar surface area (TPSA) is 213 Å². The van der Waals surface area contributed by atoms with Crippen LogP contribution in [-0.2, 0) is 9.59 Å². The maximum absolute atomic E-state index is 9.65. The Morgan fingerprint density at radius 1 is 0.435 bits per heavy atom. The van der Waals surface area contributed by atoms with Crippen molar-refractivity contribution in [3.05, 3.63) is 24.3 Å². The van der Waals surface area contributed by atoms with Crippen LogP contribution in [0, 0.1) is 0 Å². The normalized spacial score (nSPS) is 12.6. The van der Waals surface area contributed by atoms with E-state index in [0.717, 1.165) is 25.7 Å². The molecule has 0 aromatic carbocycles. The highest BCUT2D eigenvalue weighted by Gasteiger charge is 2.18. The molecule has 0 saturated carbocycles. The van der Waals surface area contributed by atoms with Gasteiger partial charge in [-0.2, -0.15) is 46.1 Å². The lowest BCUT2D eigenvalue weighted by Crippen LogP contribution is -2.42. The van der Waals surface area contributed by atoms with Gasteiger partial charge in [-0.25, -0.2) is 0 Å². The van der Waals surface area contributed by atoms with Gasteiger partial charge in [0.05, 0.1) is 24.0 Å². The second-order valence-electron chi connectivity index (χ2n) is 16.6. The third kappa shape index (κ3) is 60.9. The summed E-state index contributed by atoms with van der Waals surface area (Å²) in [7, 11) is 0. The first-order chi connectivity index (χ1) is 29.6. The number of quaternary nitrogens is 2. The van der Waals surface area contributed by atoms with Crippen LogP contribution in [0.4, 0.5) is 0 Å². The van der Waals surface area contributed by atoms with Crippen molar-refractivity contribution in [2.24, 2.45) is 11.5 Å². The molecular weight excluding hydrogens is 825 g/mol. The third-order valence-electron chi connectivity index (χ3n) is 10.6. The number of thiol groups is 2. The molecule has 0 aromatic heterocycles. The van der Waals surface area contributed by atoms with E-state index < -0.39 is 33.6 Å². The molecule has 0 aliphatic rings. The fourth-order valence-electron chi connectivity index (χ4n) is 6.04. The Morgan fingerprint density at radius 3 is 0.823 bits per heavy atom. The van der Waals surface area contributed by atoms with E-state index in [-0.39, 0.29) is 11.5 Å². The SMILES string of the molecule is CCCCCCCC/C=C\CCCCCCCCC[N+](O)(O)CC.CCCCCCCC/C=C\CCCCCCCCC[N+](O)(O)CC.NC(CS)C(=O)[O-].NC(CS)C(=O)[O-]. The number of hydrogen-bond acceptors (Lipinski definition) is 12. The van der Waals surface area contributed by atoms with Gasteiger partial charge >= 0.3 is 0 Å². The van der Waals surface area contributed by atoms with Gasteiger partial charge in [-0.3, -0.25) is 0 Å². The summed E-state index contributed by atoms with van der Waals surface area (Å²) in [5.41, 5.74) is 9.75. The van der Waals surface area contributed by atoms with Gasteiger partial charge in [0.1, 0.15) is 26.2 Å². The molecule has 0 radical (unpaired) electrons. The molecule has 62 heavy (non-hydrogen) atoms. The number of hydrogen-bond donors (Lipinski definition) is 8. The molecule has 2 atom stereocenters. The number of unbranched alkanes of at least 4 members (excludes halogenated alkanes) is 26. The Kier molecular flexibility index (Phi) is 57.0. The van der Waals surface area contributed by atoms with Crippen molar-refractivity contribution in [2.75, 3.05) is 37.7 Å². The molecule has 14 heteroatoms. The smallest absolute Gasteiger partial charge is 0.142 e. The van der Waals surface area contributed by atoms with Crippen LogP contribution < -0.4 is 21.7 Å². The molecule has 0 aliphatic carbocycles. The van der Waals surface area contributed by atoms with Gasteiger partial charge in [-0.1, -0.05) is 154 Å². The van der Waals surface area contributed by atoms with E-state index in [1.165, 1.54) is 167 Å². The predicted octanol–water partition coefficient (Wildman–Crippen LogP) is 10.0. The minimum atomic E-state index is -1.25. The number of carbonyl (C=O) groups excluding carboxylic acids is 2. The van der Waals surface area contributed by atoms with E-state index in [2.05, 4.69) is 63.4 Å². The van der Waals surface area contributed by atoms with Crippen LogP contribution in [0.1, 0.15) is 220 Å². The molecule has 372 valence electrons. The zero-order chi connectivity index (χ0) is 47.6. The van der Waals surface area contributed by atoms with Crippen LogP contribution in [0.3, 0.4) is 0 Å². The molecule has 0 fully saturated rings. The summed E-state index contributed by atoms with van der Waals surface area (Å²) in [5.74, 6) is -2.25. The Balaban J connectivity index is -0.000000414. The molecule has 8 N–H and O–H groups in total. The van der Waals surface area contributed by atoms with Gasteiger partial charge in [0.2, 0.25) is 0 Å². The second-order valence-corrected chi connectivity index (χ2v) is 17.4. The van der Waals surface area contributed by atoms with E-state index in [0.29, 0.717) is 26.2 Å². The highest BCUT2D eigenvalue weighted by atomic mass is 32.1. The number of nitrogens with two attached hydrogens (primary N) is 2. The number of allylic oxidation sites excluding steroid dienone is 4. The average Bonchev–Trinajstić information content (AvgIpc) is 3.25. The van der Waals surface area contributed by atoms with Gasteiger partial charge in [0, 0.05) is 24.3 Å². The minimum Gasteiger partial charge on any atom is -0.548 e. The first-order valence-electron chi connectivity index (χ1n) is 24.7. The first-order valence-corrected chi connectivity index (χ1v) is 26.0. The summed E-state index contributed by atoms with van der Waals surface area (Å²) < 4.78 is 0. The maximum Gasteiger partial charge on any atom is 0.142 e. The van der Waals surface area contributed by atoms with Gasteiger partial charge in [0.25, 0.3) is 0 Å². The quantitative estimate of drug-likeness (QED) is 0.00958. The highest BCUT2D eigenvalue weighted by molar-refractivity contribution is 7.80. The third-order valence-corrected chi connectivity index (χ3v) is 11.4. The summed E-state index contributed by atoms with van der Waals surface area (Å²) >= 11 is 7.22. The summed E-state index contributed by atoms with van der Waals surface area (Å²) in [6.45, 7) is 9.78. The number of rotatable bonds is 40. The fourth-order valence-corrected chi connectivity index (χ4v) is 6.34. The lowest BCUT2D eigenvalue weighted by molar-refractivity contribution is -1.24. The molecule has 0 saturated heterocycles. The van der Waals surface area contributed by atoms with E-state index in [4.69, 9.17) is 11.5 Å². The van der Waals surface area contributed by atoms with Crippen LogP contribution in [0.25, 0.3) is 0 Å². The van der Waals surface area contributed by atoms with Crippen LogP contribution in [0.5, 0.6) is 0 Å². The van der Waals surface area contributed by atoms with Crippen molar-refractivity contribution in [2.45, 2.75) is 232 Å². The van der Waals surface area contributed by atoms with Crippen LogP contribution >= 0.6 is 25.3 Å². The molecule has 0 bridgehead atoms. The minimum absolute atomic E-state index is 0.127. The van der Waals surface area contributed by atoms with Crippen molar-refractivity contribution in [1.29, 1.82) is 0 Å². The summed E-state index contributed by atoms with van der Waals surface area (Å²) in [4.78, 5) is 17.7. The Morgan fingerprint density at radius 2 is 0.645 bits per heavy atom. The van der Waals surface area contributed by atoms with Gasteiger partial charge in [0.15, 0.2) is 0 Å². The largest absolute Gasteiger partial charge is 0.548 e. The monoisotopic (exact) mass is 925 g/mol. The van der Waals surface area contributed by atoms with Crippen LogP contribution in [0.15, 0.2) is 24.3 Å².